The van der Waals surface area contributed by atoms with Crippen LogP contribution in [0.1, 0.15) is 25.3 Å². The van der Waals surface area contributed by atoms with Gasteiger partial charge in [-0.3, -0.25) is 4.72 Å². The van der Waals surface area contributed by atoms with Gasteiger partial charge in [0.15, 0.2) is 0 Å². The molecule has 0 spiro atoms. The second kappa shape index (κ2) is 5.12. The summed E-state index contributed by atoms with van der Waals surface area (Å²) in [7, 11) is -3.43. The number of anilines is 1. The third-order valence-electron chi connectivity index (χ3n) is 2.59. The van der Waals surface area contributed by atoms with E-state index in [1.54, 1.807) is 29.6 Å². The topological polar surface area (TPSA) is 46.2 Å². The maximum Gasteiger partial charge on any atom is 0.271 e. The van der Waals surface area contributed by atoms with Crippen LogP contribution in [0.15, 0.2) is 46.0 Å². The maximum atomic E-state index is 12.0. The van der Waals surface area contributed by atoms with Crippen LogP contribution in [0.5, 0.6) is 0 Å². The van der Waals surface area contributed by atoms with Crippen molar-refractivity contribution in [1.29, 1.82) is 0 Å². The molecule has 1 aromatic carbocycles. The highest BCUT2D eigenvalue weighted by atomic mass is 32.2. The quantitative estimate of drug-likeness (QED) is 0.929. The Balaban J connectivity index is 2.20. The standard InChI is InChI=1S/C13H15NO2S2/c1-10(2)11-5-7-12(8-6-11)14-18(15,16)13-4-3-9-17-13/h3-10,14H,1-2H3. The highest BCUT2D eigenvalue weighted by molar-refractivity contribution is 7.94. The summed E-state index contributed by atoms with van der Waals surface area (Å²) < 4.78 is 26.9. The molecule has 0 fully saturated rings. The highest BCUT2D eigenvalue weighted by Gasteiger charge is 2.14. The van der Waals surface area contributed by atoms with Crippen molar-refractivity contribution in [2.75, 3.05) is 4.72 Å². The lowest BCUT2D eigenvalue weighted by Gasteiger charge is -2.09. The van der Waals surface area contributed by atoms with Gasteiger partial charge in [0, 0.05) is 5.69 Å². The van der Waals surface area contributed by atoms with E-state index < -0.39 is 10.0 Å². The lowest BCUT2D eigenvalue weighted by atomic mass is 10.0. The van der Waals surface area contributed by atoms with E-state index in [1.807, 2.05) is 12.1 Å². The van der Waals surface area contributed by atoms with Gasteiger partial charge in [0.25, 0.3) is 10.0 Å². The molecule has 1 N–H and O–H groups in total. The number of nitrogens with one attached hydrogen (secondary N) is 1. The normalized spacial score (nSPS) is 11.7. The van der Waals surface area contributed by atoms with Crippen LogP contribution in [0.25, 0.3) is 0 Å². The first-order chi connectivity index (χ1) is 8.49. The molecule has 18 heavy (non-hydrogen) atoms. The molecule has 5 heteroatoms. The van der Waals surface area contributed by atoms with Crippen molar-refractivity contribution in [3.8, 4) is 0 Å². The van der Waals surface area contributed by atoms with Gasteiger partial charge >= 0.3 is 0 Å². The van der Waals surface area contributed by atoms with Gasteiger partial charge in [-0.25, -0.2) is 8.42 Å². The number of rotatable bonds is 4. The van der Waals surface area contributed by atoms with Gasteiger partial charge in [0.1, 0.15) is 4.21 Å². The van der Waals surface area contributed by atoms with E-state index in [4.69, 9.17) is 0 Å². The van der Waals surface area contributed by atoms with Crippen LogP contribution >= 0.6 is 11.3 Å². The van der Waals surface area contributed by atoms with Crippen LogP contribution < -0.4 is 4.72 Å². The van der Waals surface area contributed by atoms with Crippen molar-refractivity contribution in [2.45, 2.75) is 24.0 Å². The van der Waals surface area contributed by atoms with E-state index in [-0.39, 0.29) is 0 Å². The average molecular weight is 281 g/mol. The summed E-state index contributed by atoms with van der Waals surface area (Å²) in [4.78, 5) is 0. The predicted molar refractivity (Wildman–Crippen MR) is 75.7 cm³/mol. The van der Waals surface area contributed by atoms with Crippen LogP contribution in [0.3, 0.4) is 0 Å². The van der Waals surface area contributed by atoms with Crippen LogP contribution in [0, 0.1) is 0 Å². The summed E-state index contributed by atoms with van der Waals surface area (Å²) in [6, 6.07) is 10.8. The van der Waals surface area contributed by atoms with Crippen LogP contribution in [0.4, 0.5) is 5.69 Å². The zero-order valence-corrected chi connectivity index (χ0v) is 11.9. The van der Waals surface area contributed by atoms with E-state index in [1.165, 1.54) is 16.9 Å². The Hall–Kier alpha value is -1.33. The molecular formula is C13H15NO2S2. The van der Waals surface area contributed by atoms with E-state index in [0.717, 1.165) is 0 Å². The van der Waals surface area contributed by atoms with Crippen molar-refractivity contribution >= 4 is 27.0 Å². The molecule has 2 aromatic rings. The van der Waals surface area contributed by atoms with Gasteiger partial charge in [0.05, 0.1) is 0 Å². The van der Waals surface area contributed by atoms with Crippen molar-refractivity contribution in [3.63, 3.8) is 0 Å². The Labute approximate surface area is 112 Å². The molecule has 0 saturated carbocycles. The minimum absolute atomic E-state index is 0.329. The molecule has 0 aliphatic heterocycles. The molecule has 0 aliphatic rings. The van der Waals surface area contributed by atoms with Crippen LogP contribution in [-0.4, -0.2) is 8.42 Å². The Bertz CT molecular complexity index is 599. The Morgan fingerprint density at radius 2 is 1.78 bits per heavy atom. The van der Waals surface area contributed by atoms with Gasteiger partial charge in [-0.2, -0.15) is 0 Å². The average Bonchev–Trinajstić information content (AvgIpc) is 2.83. The second-order valence-corrected chi connectivity index (χ2v) is 7.17. The van der Waals surface area contributed by atoms with E-state index in [9.17, 15) is 8.42 Å². The molecule has 0 atom stereocenters. The Kier molecular flexibility index (Phi) is 3.73. The summed E-state index contributed by atoms with van der Waals surface area (Å²) in [5, 5.41) is 1.75. The number of sulfonamides is 1. The summed E-state index contributed by atoms with van der Waals surface area (Å²) in [6.07, 6.45) is 0. The molecule has 0 radical (unpaired) electrons. The number of hydrogen-bond donors (Lipinski definition) is 1. The molecule has 96 valence electrons. The zero-order chi connectivity index (χ0) is 13.2. The SMILES string of the molecule is CC(C)c1ccc(NS(=O)(=O)c2cccs2)cc1. The molecule has 3 nitrogen and oxygen atoms in total. The van der Waals surface area contributed by atoms with Crippen LogP contribution in [0.2, 0.25) is 0 Å². The van der Waals surface area contributed by atoms with Crippen molar-refractivity contribution in [3.05, 3.63) is 47.3 Å². The molecule has 0 saturated heterocycles. The third kappa shape index (κ3) is 2.91. The van der Waals surface area contributed by atoms with E-state index in [0.29, 0.717) is 15.8 Å². The fourth-order valence-electron chi connectivity index (χ4n) is 1.56. The largest absolute Gasteiger partial charge is 0.279 e. The first-order valence-corrected chi connectivity index (χ1v) is 8.01. The van der Waals surface area contributed by atoms with Crippen molar-refractivity contribution in [1.82, 2.24) is 0 Å². The zero-order valence-electron chi connectivity index (χ0n) is 10.3. The first-order valence-electron chi connectivity index (χ1n) is 5.65. The number of benzene rings is 1. The maximum absolute atomic E-state index is 12.0. The molecule has 0 aliphatic carbocycles. The van der Waals surface area contributed by atoms with Crippen LogP contribution in [-0.2, 0) is 10.0 Å². The lowest BCUT2D eigenvalue weighted by Crippen LogP contribution is -2.11. The summed E-state index contributed by atoms with van der Waals surface area (Å²) in [5.41, 5.74) is 1.78. The van der Waals surface area contributed by atoms with Gasteiger partial charge in [-0.1, -0.05) is 32.0 Å². The number of thiophene rings is 1. The summed E-state index contributed by atoms with van der Waals surface area (Å²) in [5.74, 6) is 0.438. The van der Waals surface area contributed by atoms with E-state index in [2.05, 4.69) is 18.6 Å². The minimum Gasteiger partial charge on any atom is -0.279 e. The Morgan fingerprint density at radius 3 is 2.28 bits per heavy atom. The Morgan fingerprint density at radius 1 is 1.11 bits per heavy atom. The molecular weight excluding hydrogens is 266 g/mol. The molecule has 1 heterocycles. The lowest BCUT2D eigenvalue weighted by molar-refractivity contribution is 0.603. The fraction of sp³-hybridized carbons (Fsp3) is 0.231. The molecule has 2 rings (SSSR count). The highest BCUT2D eigenvalue weighted by Crippen LogP contribution is 2.22. The molecule has 1 aromatic heterocycles. The fourth-order valence-corrected chi connectivity index (χ4v) is 3.61. The second-order valence-electron chi connectivity index (χ2n) is 4.31. The minimum atomic E-state index is -3.43. The third-order valence-corrected chi connectivity index (χ3v) is 5.37. The van der Waals surface area contributed by atoms with Gasteiger partial charge in [-0.15, -0.1) is 11.3 Å². The van der Waals surface area contributed by atoms with Gasteiger partial charge in [0.2, 0.25) is 0 Å². The summed E-state index contributed by atoms with van der Waals surface area (Å²) in [6.45, 7) is 4.20. The van der Waals surface area contributed by atoms with Crippen molar-refractivity contribution in [2.24, 2.45) is 0 Å². The van der Waals surface area contributed by atoms with E-state index >= 15 is 0 Å². The first kappa shape index (κ1) is 13.1. The predicted octanol–water partition coefficient (Wildman–Crippen LogP) is 3.67. The van der Waals surface area contributed by atoms with Gasteiger partial charge in [-0.05, 0) is 35.1 Å². The molecule has 0 unspecified atom stereocenters. The molecule has 0 bridgehead atoms. The monoisotopic (exact) mass is 281 g/mol. The van der Waals surface area contributed by atoms with Crippen molar-refractivity contribution < 1.29 is 8.42 Å². The van der Waals surface area contributed by atoms with Gasteiger partial charge < -0.3 is 0 Å². The smallest absolute Gasteiger partial charge is 0.271 e. The molecule has 0 amide bonds. The number of hydrogen-bond acceptors (Lipinski definition) is 3. The summed E-state index contributed by atoms with van der Waals surface area (Å²) >= 11 is 1.21.